The number of anilines is 1. The summed E-state index contributed by atoms with van der Waals surface area (Å²) >= 11 is 1.10. The van der Waals surface area contributed by atoms with Crippen molar-refractivity contribution in [1.82, 2.24) is 19.7 Å². The molecule has 0 aliphatic heterocycles. The second-order valence-electron chi connectivity index (χ2n) is 6.86. The molecule has 3 aromatic heterocycles. The van der Waals surface area contributed by atoms with E-state index < -0.39 is 5.97 Å². The Morgan fingerprint density at radius 3 is 2.81 bits per heavy atom. The van der Waals surface area contributed by atoms with Gasteiger partial charge >= 0.3 is 5.97 Å². The topological polar surface area (TPSA) is 132 Å². The fraction of sp³-hybridized carbons (Fsp3) is 0.190. The molecule has 0 spiro atoms. The number of esters is 1. The third-order valence-electron chi connectivity index (χ3n) is 4.54. The number of methoxy groups -OCH3 is 1. The van der Waals surface area contributed by atoms with Crippen LogP contribution < -0.4 is 10.9 Å². The van der Waals surface area contributed by atoms with Crippen molar-refractivity contribution in [2.45, 2.75) is 18.6 Å². The van der Waals surface area contributed by atoms with Gasteiger partial charge in [0.15, 0.2) is 11.0 Å². The van der Waals surface area contributed by atoms with Crippen molar-refractivity contribution < 1.29 is 18.7 Å². The average molecular weight is 453 g/mol. The molecule has 0 saturated carbocycles. The molecule has 4 aromatic rings. The molecule has 0 saturated heterocycles. The van der Waals surface area contributed by atoms with Crippen LogP contribution in [0.1, 0.15) is 21.8 Å². The highest BCUT2D eigenvalue weighted by Crippen LogP contribution is 2.21. The number of hydrogen-bond donors (Lipinski definition) is 2. The van der Waals surface area contributed by atoms with Crippen molar-refractivity contribution >= 4 is 40.4 Å². The van der Waals surface area contributed by atoms with Gasteiger partial charge in [-0.2, -0.15) is 5.10 Å². The summed E-state index contributed by atoms with van der Waals surface area (Å²) in [4.78, 5) is 42.0. The van der Waals surface area contributed by atoms with Crippen molar-refractivity contribution in [3.63, 3.8) is 0 Å². The summed E-state index contributed by atoms with van der Waals surface area (Å²) < 4.78 is 11.6. The minimum absolute atomic E-state index is 0.00129. The lowest BCUT2D eigenvalue weighted by Gasteiger charge is -2.12. The number of amides is 1. The number of carbonyl (C=O) groups excluding carboxylic acids is 2. The molecule has 11 heteroatoms. The van der Waals surface area contributed by atoms with Gasteiger partial charge in [0, 0.05) is 11.8 Å². The van der Waals surface area contributed by atoms with E-state index >= 15 is 0 Å². The normalized spacial score (nSPS) is 10.9. The van der Waals surface area contributed by atoms with E-state index in [1.807, 2.05) is 6.92 Å². The minimum Gasteiger partial charge on any atom is -0.467 e. The molecule has 0 bridgehead atoms. The molecule has 0 fully saturated rings. The zero-order chi connectivity index (χ0) is 22.7. The van der Waals surface area contributed by atoms with E-state index in [1.54, 1.807) is 18.2 Å². The smallest absolute Gasteiger partial charge is 0.337 e. The predicted molar refractivity (Wildman–Crippen MR) is 118 cm³/mol. The van der Waals surface area contributed by atoms with Crippen LogP contribution >= 0.6 is 11.8 Å². The lowest BCUT2D eigenvalue weighted by atomic mass is 10.1. The van der Waals surface area contributed by atoms with Crippen LogP contribution in [0.15, 0.2) is 57.0 Å². The van der Waals surface area contributed by atoms with Crippen LogP contribution in [0.5, 0.6) is 0 Å². The standard InChI is InChI=1S/C21H19N5O5S/c1-12-8-17(25-24-12)23-18(27)11-32-21-22-16-9-13(20(29)30-2)5-6-15(16)19(28)26(21)10-14-4-3-7-31-14/h3-9H,10-11H2,1-2H3,(H2,23,24,25,27). The van der Waals surface area contributed by atoms with Gasteiger partial charge in [0.05, 0.1) is 42.1 Å². The third-order valence-corrected chi connectivity index (χ3v) is 5.52. The molecule has 1 aromatic carbocycles. The van der Waals surface area contributed by atoms with E-state index in [4.69, 9.17) is 9.15 Å². The largest absolute Gasteiger partial charge is 0.467 e. The molecule has 1 amide bonds. The van der Waals surface area contributed by atoms with Crippen molar-refractivity contribution in [3.8, 4) is 0 Å². The first-order chi connectivity index (χ1) is 15.4. The zero-order valence-electron chi connectivity index (χ0n) is 17.2. The van der Waals surface area contributed by atoms with Gasteiger partial charge in [-0.25, -0.2) is 9.78 Å². The van der Waals surface area contributed by atoms with E-state index in [0.29, 0.717) is 27.6 Å². The number of ether oxygens (including phenoxy) is 1. The van der Waals surface area contributed by atoms with Gasteiger partial charge < -0.3 is 14.5 Å². The average Bonchev–Trinajstić information content (AvgIpc) is 3.45. The maximum absolute atomic E-state index is 13.2. The lowest BCUT2D eigenvalue weighted by Crippen LogP contribution is -2.25. The maximum atomic E-state index is 13.2. The highest BCUT2D eigenvalue weighted by atomic mass is 32.2. The van der Waals surface area contributed by atoms with E-state index in [1.165, 1.54) is 36.1 Å². The van der Waals surface area contributed by atoms with Gasteiger partial charge in [-0.15, -0.1) is 0 Å². The highest BCUT2D eigenvalue weighted by molar-refractivity contribution is 7.99. The number of aromatic nitrogens is 4. The molecular formula is C21H19N5O5S. The van der Waals surface area contributed by atoms with Crippen molar-refractivity contribution in [1.29, 1.82) is 0 Å². The molecule has 2 N–H and O–H groups in total. The maximum Gasteiger partial charge on any atom is 0.337 e. The monoisotopic (exact) mass is 453 g/mol. The lowest BCUT2D eigenvalue weighted by molar-refractivity contribution is -0.113. The number of fused-ring (bicyclic) bond motifs is 1. The van der Waals surface area contributed by atoms with Crippen molar-refractivity contribution in [2.24, 2.45) is 0 Å². The van der Waals surface area contributed by atoms with Gasteiger partial charge in [0.1, 0.15) is 5.76 Å². The molecule has 0 unspecified atom stereocenters. The fourth-order valence-corrected chi connectivity index (χ4v) is 3.84. The van der Waals surface area contributed by atoms with E-state index in [9.17, 15) is 14.4 Å². The Morgan fingerprint density at radius 1 is 1.28 bits per heavy atom. The van der Waals surface area contributed by atoms with Gasteiger partial charge in [-0.05, 0) is 37.3 Å². The van der Waals surface area contributed by atoms with Crippen molar-refractivity contribution in [3.05, 3.63) is 70.0 Å². The van der Waals surface area contributed by atoms with Gasteiger partial charge in [0.2, 0.25) is 5.91 Å². The number of H-pyrrole nitrogens is 1. The Morgan fingerprint density at radius 2 is 2.12 bits per heavy atom. The predicted octanol–water partition coefficient (Wildman–Crippen LogP) is 2.59. The second-order valence-corrected chi connectivity index (χ2v) is 7.80. The number of rotatable bonds is 7. The van der Waals surface area contributed by atoms with Gasteiger partial charge in [-0.1, -0.05) is 11.8 Å². The molecule has 164 valence electrons. The number of aryl methyl sites for hydroxylation is 1. The number of aromatic amines is 1. The van der Waals surface area contributed by atoms with Crippen LogP contribution in [0.25, 0.3) is 10.9 Å². The number of nitrogens with one attached hydrogen (secondary N) is 2. The first-order valence-corrected chi connectivity index (χ1v) is 10.5. The molecule has 4 rings (SSSR count). The molecule has 10 nitrogen and oxygen atoms in total. The Bertz CT molecular complexity index is 1340. The van der Waals surface area contributed by atoms with Crippen LogP contribution in [0.4, 0.5) is 5.82 Å². The fourth-order valence-electron chi connectivity index (χ4n) is 3.04. The number of hydrogen-bond acceptors (Lipinski definition) is 8. The number of furan rings is 1. The van der Waals surface area contributed by atoms with Crippen molar-refractivity contribution in [2.75, 3.05) is 18.2 Å². The third kappa shape index (κ3) is 4.57. The van der Waals surface area contributed by atoms with E-state index in [0.717, 1.165) is 17.5 Å². The molecule has 0 aliphatic carbocycles. The summed E-state index contributed by atoms with van der Waals surface area (Å²) in [6.07, 6.45) is 1.52. The van der Waals surface area contributed by atoms with Crippen LogP contribution in [-0.4, -0.2) is 44.5 Å². The second kappa shape index (κ2) is 9.10. The molecule has 0 atom stereocenters. The summed E-state index contributed by atoms with van der Waals surface area (Å²) in [6.45, 7) is 1.97. The van der Waals surface area contributed by atoms with Gasteiger partial charge in [-0.3, -0.25) is 19.3 Å². The van der Waals surface area contributed by atoms with Crippen LogP contribution in [0.2, 0.25) is 0 Å². The number of nitrogens with zero attached hydrogens (tertiary/aromatic N) is 3. The number of thioether (sulfide) groups is 1. The van der Waals surface area contributed by atoms with E-state index in [-0.39, 0.29) is 29.3 Å². The molecule has 0 radical (unpaired) electrons. The number of benzene rings is 1. The summed E-state index contributed by atoms with van der Waals surface area (Å²) in [5.41, 5.74) is 1.12. The first kappa shape index (κ1) is 21.4. The Balaban J connectivity index is 1.67. The van der Waals surface area contributed by atoms with Crippen LogP contribution in [0, 0.1) is 6.92 Å². The van der Waals surface area contributed by atoms with E-state index in [2.05, 4.69) is 20.5 Å². The highest BCUT2D eigenvalue weighted by Gasteiger charge is 2.17. The molecule has 0 aliphatic rings. The summed E-state index contributed by atoms with van der Waals surface area (Å²) in [5, 5.41) is 10.1. The number of carbonyl (C=O) groups is 2. The summed E-state index contributed by atoms with van der Waals surface area (Å²) in [5.74, 6) is 0.145. The van der Waals surface area contributed by atoms with Crippen LogP contribution in [0.3, 0.4) is 0 Å². The Hall–Kier alpha value is -3.86. The zero-order valence-corrected chi connectivity index (χ0v) is 18.1. The molecule has 32 heavy (non-hydrogen) atoms. The summed E-state index contributed by atoms with van der Waals surface area (Å²) in [6, 6.07) is 9.73. The molecular weight excluding hydrogens is 434 g/mol. The van der Waals surface area contributed by atoms with Crippen LogP contribution in [-0.2, 0) is 16.1 Å². The SMILES string of the molecule is COC(=O)c1ccc2c(=O)n(Cc3ccco3)c(SCC(=O)Nc3cc(C)[nH]n3)nc2c1. The Kier molecular flexibility index (Phi) is 6.08. The van der Waals surface area contributed by atoms with Gasteiger partial charge in [0.25, 0.3) is 5.56 Å². The minimum atomic E-state index is -0.531. The molecule has 3 heterocycles. The summed E-state index contributed by atoms with van der Waals surface area (Å²) in [7, 11) is 1.28. The quantitative estimate of drug-likeness (QED) is 0.248. The Labute approximate surface area is 186 Å². The first-order valence-electron chi connectivity index (χ1n) is 9.54.